The molecule has 0 heterocycles. The Labute approximate surface area is 66.6 Å². The average molecular weight is 161 g/mol. The molecule has 0 aromatic rings. The Bertz CT molecular complexity index is 106. The van der Waals surface area contributed by atoms with Crippen molar-refractivity contribution >= 4 is 17.5 Å². The number of hydrogen-bond acceptors (Lipinski definition) is 3. The normalized spacial score (nSPS) is 13.1. The molecule has 0 aromatic carbocycles. The minimum absolute atomic E-state index is 0.175. The van der Waals surface area contributed by atoms with Gasteiger partial charge in [0.25, 0.3) is 0 Å². The van der Waals surface area contributed by atoms with Gasteiger partial charge in [-0.1, -0.05) is 6.92 Å². The second-order valence-electron chi connectivity index (χ2n) is 2.21. The first-order valence-corrected chi connectivity index (χ1v) is 4.89. The molecule has 0 aliphatic carbocycles. The number of carbonyl (C=O) groups excluding carboxylic acids is 1. The van der Waals surface area contributed by atoms with E-state index < -0.39 is 0 Å². The van der Waals surface area contributed by atoms with Crippen molar-refractivity contribution in [3.63, 3.8) is 0 Å². The van der Waals surface area contributed by atoms with Gasteiger partial charge in [0.2, 0.25) is 0 Å². The number of Topliss-reactive ketones (excluding diaryl/α,β-unsaturated/α-hetero) is 1. The van der Waals surface area contributed by atoms with Crippen LogP contribution in [0.5, 0.6) is 0 Å². The highest BCUT2D eigenvalue weighted by atomic mass is 32.2. The van der Waals surface area contributed by atoms with Crippen LogP contribution in [0, 0.1) is 0 Å². The van der Waals surface area contributed by atoms with E-state index in [9.17, 15) is 4.79 Å². The van der Waals surface area contributed by atoms with E-state index in [2.05, 4.69) is 0 Å². The topological polar surface area (TPSA) is 43.1 Å². The molecule has 0 saturated carbocycles. The van der Waals surface area contributed by atoms with Crippen LogP contribution in [0.3, 0.4) is 0 Å². The van der Waals surface area contributed by atoms with Crippen LogP contribution in [0.4, 0.5) is 0 Å². The molecule has 0 aliphatic rings. The number of thioether (sulfide) groups is 1. The quantitative estimate of drug-likeness (QED) is 0.655. The lowest BCUT2D eigenvalue weighted by Gasteiger charge is -2.06. The highest BCUT2D eigenvalue weighted by Gasteiger charge is 2.09. The van der Waals surface area contributed by atoms with Gasteiger partial charge < -0.3 is 5.73 Å². The molecule has 1 atom stereocenters. The SMILES string of the molecule is CCC(=O)[C@@H](N)CCSC. The molecule has 0 fully saturated rings. The first-order chi connectivity index (χ1) is 4.72. The lowest BCUT2D eigenvalue weighted by atomic mass is 10.1. The molecule has 0 bridgehead atoms. The smallest absolute Gasteiger partial charge is 0.149 e. The predicted octanol–water partition coefficient (Wildman–Crippen LogP) is 1.05. The lowest BCUT2D eigenvalue weighted by molar-refractivity contribution is -0.120. The van der Waals surface area contributed by atoms with Crippen molar-refractivity contribution < 1.29 is 4.79 Å². The van der Waals surface area contributed by atoms with Gasteiger partial charge in [0.1, 0.15) is 5.78 Å². The zero-order valence-corrected chi connectivity index (χ0v) is 7.41. The fraction of sp³-hybridized carbons (Fsp3) is 0.857. The van der Waals surface area contributed by atoms with Crippen molar-refractivity contribution in [1.29, 1.82) is 0 Å². The standard InChI is InChI=1S/C7H15NOS/c1-3-7(9)6(8)4-5-10-2/h6H,3-5,8H2,1-2H3/t6-/m0/s1. The van der Waals surface area contributed by atoms with E-state index in [1.165, 1.54) is 0 Å². The van der Waals surface area contributed by atoms with Crippen molar-refractivity contribution in [2.45, 2.75) is 25.8 Å². The number of hydrogen-bond donors (Lipinski definition) is 1. The van der Waals surface area contributed by atoms with E-state index >= 15 is 0 Å². The average Bonchev–Trinajstić information content (AvgIpc) is 1.98. The molecule has 0 radical (unpaired) electrons. The van der Waals surface area contributed by atoms with Crippen molar-refractivity contribution in [2.75, 3.05) is 12.0 Å². The van der Waals surface area contributed by atoms with Crippen LogP contribution in [0.1, 0.15) is 19.8 Å². The summed E-state index contributed by atoms with van der Waals surface area (Å²) in [5.41, 5.74) is 5.55. The highest BCUT2D eigenvalue weighted by molar-refractivity contribution is 7.98. The summed E-state index contributed by atoms with van der Waals surface area (Å²) in [5, 5.41) is 0. The molecule has 60 valence electrons. The molecule has 2 N–H and O–H groups in total. The zero-order valence-electron chi connectivity index (χ0n) is 6.59. The molecular formula is C7H15NOS. The number of ketones is 1. The van der Waals surface area contributed by atoms with Crippen LogP contribution in [0.25, 0.3) is 0 Å². The molecule has 0 amide bonds. The van der Waals surface area contributed by atoms with Gasteiger partial charge in [-0.25, -0.2) is 0 Å². The molecule has 2 nitrogen and oxygen atoms in total. The maximum absolute atomic E-state index is 10.9. The first kappa shape index (κ1) is 9.98. The summed E-state index contributed by atoms with van der Waals surface area (Å²) >= 11 is 1.73. The van der Waals surface area contributed by atoms with Gasteiger partial charge in [0.15, 0.2) is 0 Å². The molecule has 3 heteroatoms. The lowest BCUT2D eigenvalue weighted by Crippen LogP contribution is -2.30. The first-order valence-electron chi connectivity index (χ1n) is 3.49. The minimum atomic E-state index is -0.225. The predicted molar refractivity (Wildman–Crippen MR) is 46.3 cm³/mol. The third-order valence-corrected chi connectivity index (χ3v) is 2.04. The summed E-state index contributed by atoms with van der Waals surface area (Å²) in [6, 6.07) is -0.225. The Hall–Kier alpha value is -0.0200. The Morgan fingerprint density at radius 1 is 1.70 bits per heavy atom. The molecule has 0 spiro atoms. The van der Waals surface area contributed by atoms with Crippen molar-refractivity contribution in [3.05, 3.63) is 0 Å². The van der Waals surface area contributed by atoms with Crippen LogP contribution in [-0.4, -0.2) is 23.8 Å². The third-order valence-electron chi connectivity index (χ3n) is 1.40. The van der Waals surface area contributed by atoms with Crippen molar-refractivity contribution in [3.8, 4) is 0 Å². The second kappa shape index (κ2) is 5.74. The van der Waals surface area contributed by atoms with Crippen LogP contribution in [0.2, 0.25) is 0 Å². The molecule has 10 heavy (non-hydrogen) atoms. The Morgan fingerprint density at radius 3 is 2.70 bits per heavy atom. The van der Waals surface area contributed by atoms with Gasteiger partial charge in [-0.3, -0.25) is 4.79 Å². The Balaban J connectivity index is 3.41. The Kier molecular flexibility index (Phi) is 5.73. The van der Waals surface area contributed by atoms with Gasteiger partial charge >= 0.3 is 0 Å². The van der Waals surface area contributed by atoms with Gasteiger partial charge in [-0.2, -0.15) is 11.8 Å². The molecule has 0 aromatic heterocycles. The summed E-state index contributed by atoms with van der Waals surface area (Å²) in [5.74, 6) is 1.15. The number of rotatable bonds is 5. The van der Waals surface area contributed by atoms with Gasteiger partial charge in [0.05, 0.1) is 6.04 Å². The van der Waals surface area contributed by atoms with Crippen LogP contribution in [-0.2, 0) is 4.79 Å². The van der Waals surface area contributed by atoms with E-state index in [1.54, 1.807) is 11.8 Å². The van der Waals surface area contributed by atoms with E-state index in [1.807, 2.05) is 13.2 Å². The number of nitrogens with two attached hydrogens (primary N) is 1. The van der Waals surface area contributed by atoms with Crippen molar-refractivity contribution in [2.24, 2.45) is 5.73 Å². The summed E-state index contributed by atoms with van der Waals surface area (Å²) in [6.45, 7) is 1.85. The van der Waals surface area contributed by atoms with Crippen molar-refractivity contribution in [1.82, 2.24) is 0 Å². The molecule has 0 unspecified atom stereocenters. The largest absolute Gasteiger partial charge is 0.321 e. The summed E-state index contributed by atoms with van der Waals surface area (Å²) < 4.78 is 0. The third kappa shape index (κ3) is 3.90. The summed E-state index contributed by atoms with van der Waals surface area (Å²) in [7, 11) is 0. The van der Waals surface area contributed by atoms with Crippen LogP contribution in [0.15, 0.2) is 0 Å². The summed E-state index contributed by atoms with van der Waals surface area (Å²) in [4.78, 5) is 10.9. The van der Waals surface area contributed by atoms with E-state index in [0.29, 0.717) is 6.42 Å². The zero-order chi connectivity index (χ0) is 7.98. The monoisotopic (exact) mass is 161 g/mol. The van der Waals surface area contributed by atoms with Gasteiger partial charge in [-0.05, 0) is 18.4 Å². The van der Waals surface area contributed by atoms with E-state index in [-0.39, 0.29) is 11.8 Å². The highest BCUT2D eigenvalue weighted by Crippen LogP contribution is 2.00. The fourth-order valence-corrected chi connectivity index (χ4v) is 1.16. The van der Waals surface area contributed by atoms with E-state index in [0.717, 1.165) is 12.2 Å². The summed E-state index contributed by atoms with van der Waals surface area (Å²) in [6.07, 6.45) is 3.40. The van der Waals surface area contributed by atoms with Gasteiger partial charge in [-0.15, -0.1) is 0 Å². The van der Waals surface area contributed by atoms with E-state index in [4.69, 9.17) is 5.73 Å². The maximum atomic E-state index is 10.9. The molecule has 0 aliphatic heterocycles. The maximum Gasteiger partial charge on any atom is 0.149 e. The van der Waals surface area contributed by atoms with Gasteiger partial charge in [0, 0.05) is 6.42 Å². The van der Waals surface area contributed by atoms with Crippen LogP contribution >= 0.6 is 11.8 Å². The van der Waals surface area contributed by atoms with Crippen LogP contribution < -0.4 is 5.73 Å². The second-order valence-corrected chi connectivity index (χ2v) is 3.19. The Morgan fingerprint density at radius 2 is 2.30 bits per heavy atom. The molecular weight excluding hydrogens is 146 g/mol. The number of carbonyl (C=O) groups is 1. The molecule has 0 rings (SSSR count). The fourth-order valence-electron chi connectivity index (χ4n) is 0.668. The molecule has 0 saturated heterocycles. The minimum Gasteiger partial charge on any atom is -0.321 e.